The van der Waals surface area contributed by atoms with E-state index < -0.39 is 0 Å². The lowest BCUT2D eigenvalue weighted by Crippen LogP contribution is -1.97. The fraction of sp³-hybridized carbons (Fsp3) is 0.250. The van der Waals surface area contributed by atoms with Gasteiger partial charge in [-0.3, -0.25) is 4.68 Å². The lowest BCUT2D eigenvalue weighted by Gasteiger charge is -1.97. The highest BCUT2D eigenvalue weighted by Crippen LogP contribution is 2.10. The van der Waals surface area contributed by atoms with Crippen LogP contribution in [0.15, 0.2) is 23.7 Å². The predicted molar refractivity (Wildman–Crippen MR) is 52.6 cm³/mol. The van der Waals surface area contributed by atoms with Crippen molar-refractivity contribution in [2.75, 3.05) is 5.32 Å². The van der Waals surface area contributed by atoms with E-state index in [0.717, 1.165) is 12.4 Å². The first kappa shape index (κ1) is 8.25. The summed E-state index contributed by atoms with van der Waals surface area (Å²) in [6.45, 7) is 0.816. The molecule has 0 saturated heterocycles. The van der Waals surface area contributed by atoms with Gasteiger partial charge in [-0.15, -0.1) is 16.4 Å². The maximum absolute atomic E-state index is 3.92. The van der Waals surface area contributed by atoms with Crippen LogP contribution in [0, 0.1) is 0 Å². The summed E-state index contributed by atoms with van der Waals surface area (Å²) in [7, 11) is 1.85. The van der Waals surface area contributed by atoms with Gasteiger partial charge in [0.15, 0.2) is 5.82 Å². The Labute approximate surface area is 80.2 Å². The van der Waals surface area contributed by atoms with E-state index in [1.807, 2.05) is 19.3 Å². The lowest BCUT2D eigenvalue weighted by atomic mass is 10.4. The Morgan fingerprint density at radius 2 is 2.54 bits per heavy atom. The van der Waals surface area contributed by atoms with Crippen molar-refractivity contribution in [3.63, 3.8) is 0 Å². The van der Waals surface area contributed by atoms with Crippen molar-refractivity contribution in [3.05, 3.63) is 28.6 Å². The van der Waals surface area contributed by atoms with E-state index in [1.165, 1.54) is 4.88 Å². The highest BCUT2D eigenvalue weighted by atomic mass is 32.1. The van der Waals surface area contributed by atoms with Gasteiger partial charge in [0.05, 0.1) is 12.7 Å². The van der Waals surface area contributed by atoms with Gasteiger partial charge in [0.1, 0.15) is 0 Å². The molecule has 0 bridgehead atoms. The van der Waals surface area contributed by atoms with Crippen LogP contribution in [0.2, 0.25) is 0 Å². The van der Waals surface area contributed by atoms with Crippen molar-refractivity contribution < 1.29 is 0 Å². The minimum absolute atomic E-state index is 0.816. The van der Waals surface area contributed by atoms with Crippen LogP contribution in [0.4, 0.5) is 5.82 Å². The number of nitrogens with one attached hydrogen (secondary N) is 1. The summed E-state index contributed by atoms with van der Waals surface area (Å²) in [5.41, 5.74) is 0. The molecule has 0 fully saturated rings. The van der Waals surface area contributed by atoms with Crippen LogP contribution >= 0.6 is 11.3 Å². The molecular formula is C8H10N4S. The number of aromatic nitrogens is 3. The van der Waals surface area contributed by atoms with Crippen molar-refractivity contribution in [1.82, 2.24) is 15.0 Å². The number of hydrogen-bond acceptors (Lipinski definition) is 4. The fourth-order valence-corrected chi connectivity index (χ4v) is 1.66. The standard InChI is InChI=1S/C8H10N4S/c1-12-6-8(10-11-12)9-5-7-3-2-4-13-7/h2-4,6,9H,5H2,1H3. The quantitative estimate of drug-likeness (QED) is 0.805. The van der Waals surface area contributed by atoms with Gasteiger partial charge in [-0.25, -0.2) is 0 Å². The minimum atomic E-state index is 0.816. The highest BCUT2D eigenvalue weighted by molar-refractivity contribution is 7.09. The third kappa shape index (κ3) is 2.06. The van der Waals surface area contributed by atoms with Crippen LogP contribution in [-0.4, -0.2) is 15.0 Å². The third-order valence-electron chi connectivity index (χ3n) is 1.63. The molecule has 0 unspecified atom stereocenters. The topological polar surface area (TPSA) is 42.7 Å². The first-order valence-electron chi connectivity index (χ1n) is 3.97. The Hall–Kier alpha value is -1.36. The van der Waals surface area contributed by atoms with Gasteiger partial charge in [0.25, 0.3) is 0 Å². The van der Waals surface area contributed by atoms with Gasteiger partial charge >= 0.3 is 0 Å². The van der Waals surface area contributed by atoms with Crippen molar-refractivity contribution in [2.24, 2.45) is 7.05 Å². The molecular weight excluding hydrogens is 184 g/mol. The van der Waals surface area contributed by atoms with Gasteiger partial charge in [0, 0.05) is 11.9 Å². The Balaban J connectivity index is 1.93. The van der Waals surface area contributed by atoms with Crippen molar-refractivity contribution >= 4 is 17.2 Å². The van der Waals surface area contributed by atoms with Gasteiger partial charge in [-0.2, -0.15) is 0 Å². The second-order valence-corrected chi connectivity index (χ2v) is 3.74. The molecule has 0 radical (unpaired) electrons. The summed E-state index contributed by atoms with van der Waals surface area (Å²) in [5.74, 6) is 0.816. The Morgan fingerprint density at radius 1 is 1.62 bits per heavy atom. The van der Waals surface area contributed by atoms with E-state index >= 15 is 0 Å². The minimum Gasteiger partial charge on any atom is -0.362 e. The van der Waals surface area contributed by atoms with Crippen molar-refractivity contribution in [3.8, 4) is 0 Å². The molecule has 2 rings (SSSR count). The number of rotatable bonds is 3. The fourth-order valence-electron chi connectivity index (χ4n) is 1.02. The highest BCUT2D eigenvalue weighted by Gasteiger charge is 1.97. The summed E-state index contributed by atoms with van der Waals surface area (Å²) in [6.07, 6.45) is 1.85. The zero-order valence-electron chi connectivity index (χ0n) is 7.27. The SMILES string of the molecule is Cn1cc(NCc2cccs2)nn1. The first-order valence-corrected chi connectivity index (χ1v) is 4.85. The van der Waals surface area contributed by atoms with E-state index in [9.17, 15) is 0 Å². The number of thiophene rings is 1. The lowest BCUT2D eigenvalue weighted by molar-refractivity contribution is 0.715. The molecule has 0 spiro atoms. The Kier molecular flexibility index (Phi) is 2.27. The van der Waals surface area contributed by atoms with E-state index in [0.29, 0.717) is 0 Å². The molecule has 1 N–H and O–H groups in total. The molecule has 2 aromatic heterocycles. The zero-order chi connectivity index (χ0) is 9.10. The molecule has 0 atom stereocenters. The second-order valence-electron chi connectivity index (χ2n) is 2.71. The zero-order valence-corrected chi connectivity index (χ0v) is 8.08. The van der Waals surface area contributed by atoms with E-state index in [4.69, 9.17) is 0 Å². The van der Waals surface area contributed by atoms with Crippen LogP contribution in [0.25, 0.3) is 0 Å². The normalized spacial score (nSPS) is 10.2. The van der Waals surface area contributed by atoms with Crippen LogP contribution < -0.4 is 5.32 Å². The number of anilines is 1. The average molecular weight is 194 g/mol. The summed E-state index contributed by atoms with van der Waals surface area (Å²) in [6, 6.07) is 4.13. The molecule has 4 nitrogen and oxygen atoms in total. The van der Waals surface area contributed by atoms with Crippen LogP contribution in [0.5, 0.6) is 0 Å². The molecule has 0 amide bonds. The smallest absolute Gasteiger partial charge is 0.168 e. The van der Waals surface area contributed by atoms with Gasteiger partial charge in [0.2, 0.25) is 0 Å². The van der Waals surface area contributed by atoms with Crippen LogP contribution in [-0.2, 0) is 13.6 Å². The third-order valence-corrected chi connectivity index (χ3v) is 2.50. The molecule has 2 heterocycles. The van der Waals surface area contributed by atoms with Gasteiger partial charge in [-0.05, 0) is 11.4 Å². The molecule has 0 aromatic carbocycles. The Morgan fingerprint density at radius 3 is 3.15 bits per heavy atom. The first-order chi connectivity index (χ1) is 6.34. The molecule has 0 aliphatic heterocycles. The summed E-state index contributed by atoms with van der Waals surface area (Å²) >= 11 is 1.73. The van der Waals surface area contributed by atoms with E-state index in [2.05, 4.69) is 27.1 Å². The largest absolute Gasteiger partial charge is 0.362 e. The summed E-state index contributed by atoms with van der Waals surface area (Å²) < 4.78 is 1.68. The maximum atomic E-state index is 3.92. The maximum Gasteiger partial charge on any atom is 0.168 e. The molecule has 0 saturated carbocycles. The van der Waals surface area contributed by atoms with Crippen molar-refractivity contribution in [1.29, 1.82) is 0 Å². The van der Waals surface area contributed by atoms with E-state index in [-0.39, 0.29) is 0 Å². The van der Waals surface area contributed by atoms with Crippen LogP contribution in [0.1, 0.15) is 4.88 Å². The molecule has 13 heavy (non-hydrogen) atoms. The summed E-state index contributed by atoms with van der Waals surface area (Å²) in [4.78, 5) is 1.30. The number of hydrogen-bond donors (Lipinski definition) is 1. The van der Waals surface area contributed by atoms with E-state index in [1.54, 1.807) is 16.0 Å². The van der Waals surface area contributed by atoms with Gasteiger partial charge in [-0.1, -0.05) is 11.3 Å². The van der Waals surface area contributed by atoms with Gasteiger partial charge < -0.3 is 5.32 Å². The number of nitrogens with zero attached hydrogens (tertiary/aromatic N) is 3. The molecule has 0 aliphatic rings. The second kappa shape index (κ2) is 3.57. The molecule has 5 heteroatoms. The monoisotopic (exact) mass is 194 g/mol. The predicted octanol–water partition coefficient (Wildman–Crippen LogP) is 1.49. The average Bonchev–Trinajstić information content (AvgIpc) is 2.71. The molecule has 2 aromatic rings. The van der Waals surface area contributed by atoms with Crippen molar-refractivity contribution in [2.45, 2.75) is 6.54 Å². The molecule has 68 valence electrons. The Bertz CT molecular complexity index is 365. The summed E-state index contributed by atoms with van der Waals surface area (Å²) in [5, 5.41) is 13.0. The number of aryl methyl sites for hydroxylation is 1. The molecule has 0 aliphatic carbocycles. The van der Waals surface area contributed by atoms with Crippen LogP contribution in [0.3, 0.4) is 0 Å².